The molecule has 0 aliphatic rings. The second kappa shape index (κ2) is 8.86. The zero-order valence-corrected chi connectivity index (χ0v) is 15.9. The highest BCUT2D eigenvalue weighted by Gasteiger charge is 2.28. The summed E-state index contributed by atoms with van der Waals surface area (Å²) >= 11 is 0. The Balaban J connectivity index is 2.08. The molecule has 0 bridgehead atoms. The molecule has 7 nitrogen and oxygen atoms in total. The number of hydrogen-bond donors (Lipinski definition) is 2. The lowest BCUT2D eigenvalue weighted by Crippen LogP contribution is -2.49. The van der Waals surface area contributed by atoms with E-state index in [-0.39, 0.29) is 17.4 Å². The number of furan rings is 1. The minimum Gasteiger partial charge on any atom is -0.494 e. The van der Waals surface area contributed by atoms with Crippen molar-refractivity contribution < 1.29 is 22.4 Å². The van der Waals surface area contributed by atoms with Gasteiger partial charge in [0.15, 0.2) is 0 Å². The predicted molar refractivity (Wildman–Crippen MR) is 97.1 cm³/mol. The van der Waals surface area contributed by atoms with E-state index < -0.39 is 22.0 Å². The highest BCUT2D eigenvalue weighted by atomic mass is 32.2. The Hall–Kier alpha value is -2.32. The fourth-order valence-corrected chi connectivity index (χ4v) is 3.65. The number of benzene rings is 1. The highest BCUT2D eigenvalue weighted by Crippen LogP contribution is 2.17. The third kappa shape index (κ3) is 5.34. The van der Waals surface area contributed by atoms with Gasteiger partial charge in [-0.25, -0.2) is 8.42 Å². The van der Waals surface area contributed by atoms with E-state index >= 15 is 0 Å². The van der Waals surface area contributed by atoms with Crippen molar-refractivity contribution in [1.82, 2.24) is 10.0 Å². The average Bonchev–Trinajstić information content (AvgIpc) is 3.12. The Kier molecular flexibility index (Phi) is 6.82. The fraction of sp³-hybridized carbons (Fsp3) is 0.389. The van der Waals surface area contributed by atoms with E-state index in [1.807, 2.05) is 6.92 Å². The minimum atomic E-state index is -3.84. The molecule has 1 aromatic heterocycles. The topological polar surface area (TPSA) is 97.6 Å². The molecule has 0 aliphatic carbocycles. The van der Waals surface area contributed by atoms with Crippen molar-refractivity contribution in [2.45, 2.75) is 38.3 Å². The number of nitrogens with one attached hydrogen (secondary N) is 2. The van der Waals surface area contributed by atoms with Gasteiger partial charge in [-0.05, 0) is 49.2 Å². The number of carbonyl (C=O) groups excluding carboxylic acids is 1. The molecule has 8 heteroatoms. The minimum absolute atomic E-state index is 0.0745. The molecule has 1 heterocycles. The van der Waals surface area contributed by atoms with Crippen LogP contribution in [0.1, 0.15) is 26.5 Å². The monoisotopic (exact) mass is 380 g/mol. The van der Waals surface area contributed by atoms with Gasteiger partial charge in [0.25, 0.3) is 0 Å². The summed E-state index contributed by atoms with van der Waals surface area (Å²) in [5.41, 5.74) is 0. The van der Waals surface area contributed by atoms with E-state index in [2.05, 4.69) is 10.0 Å². The fourth-order valence-electron chi connectivity index (χ4n) is 2.31. The Labute approximate surface area is 153 Å². The molecule has 1 amide bonds. The lowest BCUT2D eigenvalue weighted by atomic mass is 10.1. The second-order valence-electron chi connectivity index (χ2n) is 6.04. The number of hydrogen-bond acceptors (Lipinski definition) is 5. The van der Waals surface area contributed by atoms with Gasteiger partial charge in [0.1, 0.15) is 17.6 Å². The molecule has 0 fully saturated rings. The Bertz CT molecular complexity index is 799. The lowest BCUT2D eigenvalue weighted by molar-refractivity contribution is -0.123. The van der Waals surface area contributed by atoms with Gasteiger partial charge >= 0.3 is 0 Å². The van der Waals surface area contributed by atoms with Gasteiger partial charge in [-0.2, -0.15) is 4.72 Å². The first kappa shape index (κ1) is 20.0. The summed E-state index contributed by atoms with van der Waals surface area (Å²) in [6, 6.07) is 8.61. The maximum atomic E-state index is 12.6. The molecule has 0 aliphatic heterocycles. The van der Waals surface area contributed by atoms with E-state index in [4.69, 9.17) is 9.15 Å². The molecular formula is C18H24N2O5S. The van der Waals surface area contributed by atoms with Crippen molar-refractivity contribution in [3.05, 3.63) is 48.4 Å². The molecule has 0 unspecified atom stereocenters. The molecule has 2 aromatic rings. The quantitative estimate of drug-likeness (QED) is 0.696. The van der Waals surface area contributed by atoms with Crippen LogP contribution >= 0.6 is 0 Å². The zero-order chi connectivity index (χ0) is 19.2. The number of amides is 1. The van der Waals surface area contributed by atoms with Crippen LogP contribution in [0.3, 0.4) is 0 Å². The molecule has 26 heavy (non-hydrogen) atoms. The zero-order valence-electron chi connectivity index (χ0n) is 15.1. The maximum absolute atomic E-state index is 12.6. The first-order chi connectivity index (χ1) is 12.3. The highest BCUT2D eigenvalue weighted by molar-refractivity contribution is 7.89. The Morgan fingerprint density at radius 3 is 2.42 bits per heavy atom. The SMILES string of the molecule is CCOc1ccc(S(=O)(=O)N[C@H](C(=O)NCc2ccco2)C(C)C)cc1. The average molecular weight is 380 g/mol. The van der Waals surface area contributed by atoms with Gasteiger partial charge in [-0.15, -0.1) is 0 Å². The van der Waals surface area contributed by atoms with Gasteiger partial charge in [0, 0.05) is 0 Å². The molecule has 0 saturated carbocycles. The third-order valence-corrected chi connectivity index (χ3v) is 5.15. The van der Waals surface area contributed by atoms with Gasteiger partial charge in [0.2, 0.25) is 15.9 Å². The van der Waals surface area contributed by atoms with Crippen molar-refractivity contribution in [3.63, 3.8) is 0 Å². The summed E-state index contributed by atoms with van der Waals surface area (Å²) in [5, 5.41) is 2.69. The molecular weight excluding hydrogens is 356 g/mol. The van der Waals surface area contributed by atoms with Crippen LogP contribution < -0.4 is 14.8 Å². The largest absolute Gasteiger partial charge is 0.494 e. The van der Waals surface area contributed by atoms with Crippen molar-refractivity contribution >= 4 is 15.9 Å². The van der Waals surface area contributed by atoms with E-state index in [1.54, 1.807) is 38.1 Å². The number of carbonyl (C=O) groups is 1. The van der Waals surface area contributed by atoms with E-state index in [9.17, 15) is 13.2 Å². The van der Waals surface area contributed by atoms with Crippen LogP contribution in [-0.4, -0.2) is 27.0 Å². The van der Waals surface area contributed by atoms with Crippen LogP contribution in [0.25, 0.3) is 0 Å². The van der Waals surface area contributed by atoms with Gasteiger partial charge in [-0.1, -0.05) is 13.8 Å². The first-order valence-corrected chi connectivity index (χ1v) is 9.87. The molecule has 1 atom stereocenters. The smallest absolute Gasteiger partial charge is 0.241 e. The number of sulfonamides is 1. The van der Waals surface area contributed by atoms with E-state index in [0.717, 1.165) is 0 Å². The molecule has 142 valence electrons. The van der Waals surface area contributed by atoms with Crippen molar-refractivity contribution in [2.24, 2.45) is 5.92 Å². The van der Waals surface area contributed by atoms with Gasteiger partial charge in [-0.3, -0.25) is 4.79 Å². The van der Waals surface area contributed by atoms with E-state index in [0.29, 0.717) is 18.1 Å². The molecule has 2 rings (SSSR count). The number of rotatable bonds is 9. The van der Waals surface area contributed by atoms with Crippen molar-refractivity contribution in [1.29, 1.82) is 0 Å². The van der Waals surface area contributed by atoms with E-state index in [1.165, 1.54) is 18.4 Å². The normalized spacial score (nSPS) is 12.8. The standard InChI is InChI=1S/C18H24N2O5S/c1-4-24-14-7-9-16(10-8-14)26(22,23)20-17(13(2)3)18(21)19-12-15-6-5-11-25-15/h5-11,13,17,20H,4,12H2,1-3H3,(H,19,21)/t17-/m0/s1. The summed E-state index contributed by atoms with van der Waals surface area (Å²) < 4.78 is 38.2. The van der Waals surface area contributed by atoms with Crippen molar-refractivity contribution in [3.8, 4) is 5.75 Å². The first-order valence-electron chi connectivity index (χ1n) is 8.38. The van der Waals surface area contributed by atoms with Crippen LogP contribution in [0.15, 0.2) is 52.0 Å². The van der Waals surface area contributed by atoms with Gasteiger partial charge in [0.05, 0.1) is 24.3 Å². The Morgan fingerprint density at radius 2 is 1.88 bits per heavy atom. The second-order valence-corrected chi connectivity index (χ2v) is 7.76. The molecule has 2 N–H and O–H groups in total. The predicted octanol–water partition coefficient (Wildman–Crippen LogP) is 2.30. The Morgan fingerprint density at radius 1 is 1.19 bits per heavy atom. The lowest BCUT2D eigenvalue weighted by Gasteiger charge is -2.21. The molecule has 0 saturated heterocycles. The van der Waals surface area contributed by atoms with Crippen molar-refractivity contribution in [2.75, 3.05) is 6.61 Å². The molecule has 0 radical (unpaired) electrons. The molecule has 0 spiro atoms. The van der Waals surface area contributed by atoms with Gasteiger partial charge < -0.3 is 14.5 Å². The summed E-state index contributed by atoms with van der Waals surface area (Å²) in [4.78, 5) is 12.5. The van der Waals surface area contributed by atoms with Crippen LogP contribution in [0.2, 0.25) is 0 Å². The maximum Gasteiger partial charge on any atom is 0.241 e. The van der Waals surface area contributed by atoms with Crippen LogP contribution in [-0.2, 0) is 21.4 Å². The summed E-state index contributed by atoms with van der Waals surface area (Å²) in [7, 11) is -3.84. The van der Waals surface area contributed by atoms with Crippen LogP contribution in [0, 0.1) is 5.92 Å². The number of ether oxygens (including phenoxy) is 1. The third-order valence-electron chi connectivity index (χ3n) is 3.69. The summed E-state index contributed by atoms with van der Waals surface area (Å²) in [6.07, 6.45) is 1.51. The van der Waals surface area contributed by atoms with Crippen LogP contribution in [0.5, 0.6) is 5.75 Å². The molecule has 1 aromatic carbocycles. The summed E-state index contributed by atoms with van der Waals surface area (Å²) in [5.74, 6) is 0.535. The summed E-state index contributed by atoms with van der Waals surface area (Å²) in [6.45, 7) is 6.09. The van der Waals surface area contributed by atoms with Crippen LogP contribution in [0.4, 0.5) is 0 Å².